The third-order valence-electron chi connectivity index (χ3n) is 4.50. The molecular weight excluding hydrogens is 440 g/mol. The van der Waals surface area contributed by atoms with E-state index in [1.165, 1.54) is 4.70 Å². The van der Waals surface area contributed by atoms with Gasteiger partial charge in [0.1, 0.15) is 11.2 Å². The van der Waals surface area contributed by atoms with Gasteiger partial charge in [-0.25, -0.2) is 13.0 Å². The summed E-state index contributed by atoms with van der Waals surface area (Å²) in [6.45, 7) is 0. The van der Waals surface area contributed by atoms with Gasteiger partial charge in [-0.1, -0.05) is 0 Å². The SMILES string of the molecule is CN(C)c1ccc(/N=N/c2sc3cc4cnn(C)c4cc3[n+]2C)cc1.COS(=O)(=O)[O-]. The van der Waals surface area contributed by atoms with E-state index in [9.17, 15) is 13.0 Å². The topological polar surface area (TPSA) is 116 Å². The molecule has 4 aromatic rings. The molecule has 2 aromatic carbocycles. The number of nitrogens with zero attached hydrogens (tertiary/aromatic N) is 6. The van der Waals surface area contributed by atoms with Crippen LogP contribution in [0.1, 0.15) is 0 Å². The summed E-state index contributed by atoms with van der Waals surface area (Å²) >= 11 is 1.63. The molecule has 0 aliphatic heterocycles. The van der Waals surface area contributed by atoms with E-state index in [0.29, 0.717) is 0 Å². The summed E-state index contributed by atoms with van der Waals surface area (Å²) in [6, 6.07) is 12.3. The second-order valence-corrected chi connectivity index (χ2v) is 8.94. The Labute approximate surface area is 184 Å². The van der Waals surface area contributed by atoms with Crippen LogP contribution in [-0.2, 0) is 28.7 Å². The average Bonchev–Trinajstić information content (AvgIpc) is 3.24. The number of azo groups is 1. The van der Waals surface area contributed by atoms with Gasteiger partial charge in [0, 0.05) is 38.3 Å². The summed E-state index contributed by atoms with van der Waals surface area (Å²) in [5.41, 5.74) is 4.24. The fourth-order valence-electron chi connectivity index (χ4n) is 2.79. The second kappa shape index (κ2) is 9.06. The maximum absolute atomic E-state index is 9.22. The Balaban J connectivity index is 0.000000401. The second-order valence-electron chi connectivity index (χ2n) is 6.78. The number of aryl methyl sites for hydroxylation is 2. The van der Waals surface area contributed by atoms with Gasteiger partial charge in [0.25, 0.3) is 0 Å². The third kappa shape index (κ3) is 5.41. The molecule has 2 aromatic heterocycles. The molecule has 2 heterocycles. The third-order valence-corrected chi connectivity index (χ3v) is 5.99. The maximum Gasteiger partial charge on any atom is 0.409 e. The van der Waals surface area contributed by atoms with Gasteiger partial charge < -0.3 is 9.45 Å². The molecule has 0 saturated carbocycles. The van der Waals surface area contributed by atoms with Crippen LogP contribution >= 0.6 is 11.3 Å². The minimum Gasteiger partial charge on any atom is -0.726 e. The van der Waals surface area contributed by atoms with E-state index in [4.69, 9.17) is 0 Å². The van der Waals surface area contributed by atoms with Crippen LogP contribution in [0.2, 0.25) is 0 Å². The Hall–Kier alpha value is -2.93. The van der Waals surface area contributed by atoms with Crippen LogP contribution in [0.25, 0.3) is 21.1 Å². The van der Waals surface area contributed by atoms with Crippen molar-refractivity contribution >= 4 is 59.4 Å². The number of rotatable bonds is 4. The van der Waals surface area contributed by atoms with Crippen LogP contribution < -0.4 is 9.47 Å². The van der Waals surface area contributed by atoms with E-state index < -0.39 is 10.4 Å². The van der Waals surface area contributed by atoms with E-state index >= 15 is 0 Å². The molecule has 0 N–H and O–H groups in total. The Kier molecular flexibility index (Phi) is 6.65. The van der Waals surface area contributed by atoms with Crippen LogP contribution in [0, 0.1) is 0 Å². The predicted molar refractivity (Wildman–Crippen MR) is 119 cm³/mol. The number of hydrogen-bond donors (Lipinski definition) is 0. The van der Waals surface area contributed by atoms with Crippen LogP contribution in [0.5, 0.6) is 0 Å². The normalized spacial score (nSPS) is 11.8. The molecule has 0 atom stereocenters. The summed E-state index contributed by atoms with van der Waals surface area (Å²) in [6.07, 6.45) is 1.89. The zero-order chi connectivity index (χ0) is 22.8. The Morgan fingerprint density at radius 1 is 1.19 bits per heavy atom. The number of hydrogen-bond acceptors (Lipinski definition) is 9. The summed E-state index contributed by atoms with van der Waals surface area (Å²) < 4.78 is 36.2. The lowest BCUT2D eigenvalue weighted by Gasteiger charge is -2.11. The first-order valence-corrected chi connectivity index (χ1v) is 11.2. The van der Waals surface area contributed by atoms with Crippen LogP contribution in [0.15, 0.2) is 52.8 Å². The van der Waals surface area contributed by atoms with Crippen molar-refractivity contribution in [3.05, 3.63) is 42.6 Å². The monoisotopic (exact) mass is 462 g/mol. The molecule has 0 aliphatic carbocycles. The first-order valence-electron chi connectivity index (χ1n) is 9.04. The maximum atomic E-state index is 9.22. The van der Waals surface area contributed by atoms with Gasteiger partial charge in [0.05, 0.1) is 35.7 Å². The number of anilines is 1. The fourth-order valence-corrected chi connectivity index (χ4v) is 3.79. The van der Waals surface area contributed by atoms with Gasteiger partial charge in [-0.3, -0.25) is 8.86 Å². The van der Waals surface area contributed by atoms with Gasteiger partial charge in [-0.05, 0) is 46.8 Å². The summed E-state index contributed by atoms with van der Waals surface area (Å²) in [5, 5.41) is 15.2. The molecular formula is C19H22N6O4S2. The predicted octanol–water partition coefficient (Wildman–Crippen LogP) is 3.19. The lowest BCUT2D eigenvalue weighted by atomic mass is 10.2. The summed E-state index contributed by atoms with van der Waals surface area (Å²) in [7, 11) is 4.41. The number of thiazole rings is 1. The van der Waals surface area contributed by atoms with Gasteiger partial charge in [0.15, 0.2) is 0 Å². The van der Waals surface area contributed by atoms with E-state index in [1.807, 2.05) is 63.3 Å². The standard InChI is InChI=1S/C18H19N6S.CH4O4S/c1-22(2)14-7-5-13(6-8-14)20-21-18-23(3)16-10-15-12(9-17(16)25-18)11-19-24(15)4;1-5-6(2,3)4/h5-11H,1-4H3;1H3,(H,2,3,4)/q+1;/p-1. The quantitative estimate of drug-likeness (QED) is 0.199. The van der Waals surface area contributed by atoms with Crippen LogP contribution in [0.4, 0.5) is 16.5 Å². The molecule has 0 saturated heterocycles. The van der Waals surface area contributed by atoms with Crippen molar-refractivity contribution in [3.63, 3.8) is 0 Å². The molecule has 0 bridgehead atoms. The Morgan fingerprint density at radius 3 is 2.42 bits per heavy atom. The molecule has 0 fully saturated rings. The molecule has 0 aliphatic rings. The first-order chi connectivity index (χ1) is 14.6. The minimum absolute atomic E-state index is 0.808. The lowest BCUT2D eigenvalue weighted by Crippen LogP contribution is -2.25. The van der Waals surface area contributed by atoms with Crippen LogP contribution in [-0.4, -0.2) is 44.0 Å². The smallest absolute Gasteiger partial charge is 0.409 e. The highest BCUT2D eigenvalue weighted by Crippen LogP contribution is 2.30. The van der Waals surface area contributed by atoms with Gasteiger partial charge in [-0.2, -0.15) is 5.10 Å². The first kappa shape index (κ1) is 22.7. The summed E-state index contributed by atoms with van der Waals surface area (Å²) in [5.74, 6) is 0. The van der Waals surface area contributed by atoms with E-state index in [1.54, 1.807) is 11.3 Å². The lowest BCUT2D eigenvalue weighted by molar-refractivity contribution is -0.627. The Morgan fingerprint density at radius 2 is 1.84 bits per heavy atom. The zero-order valence-corrected chi connectivity index (χ0v) is 19.3. The molecule has 0 unspecified atom stereocenters. The van der Waals surface area contributed by atoms with Crippen molar-refractivity contribution in [3.8, 4) is 0 Å². The zero-order valence-electron chi connectivity index (χ0n) is 17.7. The van der Waals surface area contributed by atoms with Crippen molar-refractivity contribution in [2.45, 2.75) is 0 Å². The number of fused-ring (bicyclic) bond motifs is 2. The largest absolute Gasteiger partial charge is 0.726 e. The van der Waals surface area contributed by atoms with Gasteiger partial charge in [0.2, 0.25) is 10.4 Å². The minimum atomic E-state index is -4.41. The fraction of sp³-hybridized carbons (Fsp3) is 0.263. The van der Waals surface area contributed by atoms with Gasteiger partial charge >= 0.3 is 5.13 Å². The Bertz CT molecular complexity index is 1340. The number of aromatic nitrogens is 3. The van der Waals surface area contributed by atoms with E-state index in [2.05, 4.69) is 41.1 Å². The highest BCUT2D eigenvalue weighted by atomic mass is 32.3. The van der Waals surface area contributed by atoms with Crippen molar-refractivity contribution in [2.75, 3.05) is 26.1 Å². The average molecular weight is 463 g/mol. The summed E-state index contributed by atoms with van der Waals surface area (Å²) in [4.78, 5) is 2.06. The van der Waals surface area contributed by atoms with Crippen molar-refractivity contribution in [2.24, 2.45) is 24.3 Å². The molecule has 164 valence electrons. The van der Waals surface area contributed by atoms with Gasteiger partial charge in [-0.15, -0.1) is 0 Å². The molecule has 0 spiro atoms. The molecule has 31 heavy (non-hydrogen) atoms. The highest BCUT2D eigenvalue weighted by molar-refractivity contribution is 7.80. The van der Waals surface area contributed by atoms with E-state index in [0.717, 1.165) is 40.0 Å². The highest BCUT2D eigenvalue weighted by Gasteiger charge is 2.17. The number of benzene rings is 2. The molecule has 0 amide bonds. The van der Waals surface area contributed by atoms with Crippen LogP contribution in [0.3, 0.4) is 0 Å². The van der Waals surface area contributed by atoms with E-state index in [-0.39, 0.29) is 0 Å². The molecule has 0 radical (unpaired) electrons. The van der Waals surface area contributed by atoms with Crippen molar-refractivity contribution in [1.82, 2.24) is 9.78 Å². The molecule has 10 nitrogen and oxygen atoms in total. The van der Waals surface area contributed by atoms with Crippen molar-refractivity contribution < 1.29 is 21.7 Å². The molecule has 4 rings (SSSR count). The van der Waals surface area contributed by atoms with Crippen molar-refractivity contribution in [1.29, 1.82) is 0 Å². The molecule has 12 heteroatoms.